The van der Waals surface area contributed by atoms with Gasteiger partial charge in [0, 0.05) is 5.92 Å². The van der Waals surface area contributed by atoms with Crippen molar-refractivity contribution in [3.63, 3.8) is 0 Å². The van der Waals surface area contributed by atoms with E-state index in [0.29, 0.717) is 11.7 Å². The summed E-state index contributed by atoms with van der Waals surface area (Å²) in [4.78, 5) is 15.1. The van der Waals surface area contributed by atoms with Crippen molar-refractivity contribution >= 4 is 5.91 Å². The Hall–Kier alpha value is -1.53. The fourth-order valence-electron chi connectivity index (χ4n) is 1.16. The van der Waals surface area contributed by atoms with Crippen molar-refractivity contribution in [1.29, 1.82) is 0 Å². The van der Waals surface area contributed by atoms with E-state index in [-0.39, 0.29) is 5.82 Å². The van der Waals surface area contributed by atoms with Gasteiger partial charge >= 0.3 is 0 Å². The fraction of sp³-hybridized carbons (Fsp3) is 0.625. The number of alkyl halides is 2. The summed E-state index contributed by atoms with van der Waals surface area (Å²) in [7, 11) is 0. The minimum atomic E-state index is -2.56. The number of H-pyrrole nitrogens is 1. The lowest BCUT2D eigenvalue weighted by atomic mass is 10.4. The first-order valence-corrected chi connectivity index (χ1v) is 4.65. The molecule has 0 aromatic carbocycles. The third-order valence-corrected chi connectivity index (χ3v) is 2.09. The second-order valence-electron chi connectivity index (χ2n) is 3.42. The van der Waals surface area contributed by atoms with Gasteiger partial charge in [-0.1, -0.05) is 0 Å². The summed E-state index contributed by atoms with van der Waals surface area (Å²) >= 11 is 0. The van der Waals surface area contributed by atoms with Crippen molar-refractivity contribution in [3.8, 4) is 0 Å². The van der Waals surface area contributed by atoms with Crippen LogP contribution < -0.4 is 5.32 Å². The lowest BCUT2D eigenvalue weighted by Crippen LogP contribution is -2.29. The van der Waals surface area contributed by atoms with Gasteiger partial charge in [-0.05, 0) is 12.8 Å². The van der Waals surface area contributed by atoms with E-state index in [2.05, 4.69) is 15.2 Å². The van der Waals surface area contributed by atoms with Gasteiger partial charge in [-0.3, -0.25) is 9.89 Å². The van der Waals surface area contributed by atoms with Gasteiger partial charge in [-0.15, -0.1) is 5.10 Å². The highest BCUT2D eigenvalue weighted by atomic mass is 19.3. The standard InChI is InChI=1S/C8H10F2N4O/c9-5(10)3-11-8(15)7-12-6(13-14-7)4-1-2-4/h4-5H,1-3H2,(H,11,15)(H,12,13,14). The molecule has 0 atom stereocenters. The molecule has 0 radical (unpaired) electrons. The summed E-state index contributed by atoms with van der Waals surface area (Å²) in [5.74, 6) is 0.280. The Morgan fingerprint density at radius 2 is 2.33 bits per heavy atom. The zero-order valence-corrected chi connectivity index (χ0v) is 7.83. The van der Waals surface area contributed by atoms with E-state index >= 15 is 0 Å². The monoisotopic (exact) mass is 216 g/mol. The summed E-state index contributed by atoms with van der Waals surface area (Å²) in [6, 6.07) is 0. The number of rotatable bonds is 4. The second-order valence-corrected chi connectivity index (χ2v) is 3.42. The molecule has 0 saturated heterocycles. The van der Waals surface area contributed by atoms with Gasteiger partial charge in [-0.25, -0.2) is 13.8 Å². The van der Waals surface area contributed by atoms with Crippen LogP contribution in [0.3, 0.4) is 0 Å². The van der Waals surface area contributed by atoms with Gasteiger partial charge in [-0.2, -0.15) is 0 Å². The molecule has 1 fully saturated rings. The van der Waals surface area contributed by atoms with Crippen LogP contribution in [0.5, 0.6) is 0 Å². The van der Waals surface area contributed by atoms with Crippen LogP contribution in [0.15, 0.2) is 0 Å². The van der Waals surface area contributed by atoms with Crippen LogP contribution in [-0.2, 0) is 0 Å². The first-order chi connectivity index (χ1) is 7.16. The van der Waals surface area contributed by atoms with Crippen molar-refractivity contribution in [1.82, 2.24) is 20.5 Å². The number of nitrogens with zero attached hydrogens (tertiary/aromatic N) is 2. The predicted molar refractivity (Wildman–Crippen MR) is 46.7 cm³/mol. The van der Waals surface area contributed by atoms with Gasteiger partial charge < -0.3 is 5.32 Å². The number of carbonyl (C=O) groups excluding carboxylic acids is 1. The molecule has 1 aliphatic rings. The Morgan fingerprint density at radius 3 is 2.93 bits per heavy atom. The van der Waals surface area contributed by atoms with Crippen LogP contribution in [0.1, 0.15) is 35.2 Å². The van der Waals surface area contributed by atoms with E-state index in [1.807, 2.05) is 5.32 Å². The average molecular weight is 216 g/mol. The van der Waals surface area contributed by atoms with Crippen LogP contribution in [0.4, 0.5) is 8.78 Å². The number of nitrogens with one attached hydrogen (secondary N) is 2. The minimum absolute atomic E-state index is 0.0717. The van der Waals surface area contributed by atoms with E-state index < -0.39 is 18.9 Å². The second kappa shape index (κ2) is 3.92. The van der Waals surface area contributed by atoms with Crippen molar-refractivity contribution in [2.24, 2.45) is 0 Å². The number of hydrogen-bond acceptors (Lipinski definition) is 3. The molecule has 1 amide bonds. The first kappa shape index (κ1) is 10.0. The van der Waals surface area contributed by atoms with Crippen molar-refractivity contribution in [2.75, 3.05) is 6.54 Å². The number of hydrogen-bond donors (Lipinski definition) is 2. The van der Waals surface area contributed by atoms with Crippen molar-refractivity contribution in [3.05, 3.63) is 11.6 Å². The molecule has 1 saturated carbocycles. The van der Waals surface area contributed by atoms with E-state index in [4.69, 9.17) is 0 Å². The maximum absolute atomic E-state index is 11.8. The highest BCUT2D eigenvalue weighted by Crippen LogP contribution is 2.37. The van der Waals surface area contributed by atoms with Crippen molar-refractivity contribution < 1.29 is 13.6 Å². The lowest BCUT2D eigenvalue weighted by molar-refractivity contribution is 0.0882. The van der Waals surface area contributed by atoms with Gasteiger partial charge in [0.2, 0.25) is 5.82 Å². The van der Waals surface area contributed by atoms with Crippen LogP contribution in [-0.4, -0.2) is 34.1 Å². The van der Waals surface area contributed by atoms with Gasteiger partial charge in [0.15, 0.2) is 0 Å². The highest BCUT2D eigenvalue weighted by molar-refractivity contribution is 5.90. The molecule has 0 bridgehead atoms. The Kier molecular flexibility index (Phi) is 2.61. The van der Waals surface area contributed by atoms with Crippen LogP contribution in [0.25, 0.3) is 0 Å². The zero-order chi connectivity index (χ0) is 10.8. The van der Waals surface area contributed by atoms with Gasteiger partial charge in [0.25, 0.3) is 12.3 Å². The predicted octanol–water partition coefficient (Wildman–Crippen LogP) is 0.677. The highest BCUT2D eigenvalue weighted by Gasteiger charge is 2.28. The lowest BCUT2D eigenvalue weighted by Gasteiger charge is -1.99. The summed E-state index contributed by atoms with van der Waals surface area (Å²) in [5, 5.41) is 8.33. The van der Waals surface area contributed by atoms with E-state index in [9.17, 15) is 13.6 Å². The molecule has 1 aliphatic carbocycles. The SMILES string of the molecule is O=C(NCC(F)F)c1n[nH]c(C2CC2)n1. The largest absolute Gasteiger partial charge is 0.344 e. The number of amides is 1. The third-order valence-electron chi connectivity index (χ3n) is 2.09. The normalized spacial score (nSPS) is 15.7. The Morgan fingerprint density at radius 1 is 1.60 bits per heavy atom. The molecule has 0 spiro atoms. The van der Waals surface area contributed by atoms with Gasteiger partial charge in [0.1, 0.15) is 5.82 Å². The van der Waals surface area contributed by atoms with E-state index in [1.54, 1.807) is 0 Å². The Labute approximate surface area is 84.3 Å². The molecule has 7 heteroatoms. The molecule has 82 valence electrons. The van der Waals surface area contributed by atoms with E-state index in [1.165, 1.54) is 0 Å². The molecule has 2 rings (SSSR count). The van der Waals surface area contributed by atoms with Gasteiger partial charge in [0.05, 0.1) is 6.54 Å². The molecule has 5 nitrogen and oxygen atoms in total. The summed E-state index contributed by atoms with van der Waals surface area (Å²) in [5.41, 5.74) is 0. The summed E-state index contributed by atoms with van der Waals surface area (Å²) < 4.78 is 23.6. The zero-order valence-electron chi connectivity index (χ0n) is 7.83. The number of halogens is 2. The first-order valence-electron chi connectivity index (χ1n) is 4.65. The third kappa shape index (κ3) is 2.48. The molecular weight excluding hydrogens is 206 g/mol. The number of aromatic amines is 1. The summed E-state index contributed by atoms with van der Waals surface area (Å²) in [6.45, 7) is -0.674. The Balaban J connectivity index is 1.93. The smallest absolute Gasteiger partial charge is 0.291 e. The fourth-order valence-corrected chi connectivity index (χ4v) is 1.16. The minimum Gasteiger partial charge on any atom is -0.344 e. The molecule has 1 heterocycles. The molecule has 15 heavy (non-hydrogen) atoms. The molecule has 1 aromatic heterocycles. The number of carbonyl (C=O) groups is 1. The molecular formula is C8H10F2N4O. The average Bonchev–Trinajstić information content (AvgIpc) is 2.93. The summed E-state index contributed by atoms with van der Waals surface area (Å²) in [6.07, 6.45) is -0.489. The maximum Gasteiger partial charge on any atom is 0.291 e. The molecule has 1 aromatic rings. The Bertz CT molecular complexity index is 361. The molecule has 0 unspecified atom stereocenters. The maximum atomic E-state index is 11.8. The van der Waals surface area contributed by atoms with Crippen LogP contribution >= 0.6 is 0 Å². The molecule has 0 aliphatic heterocycles. The quantitative estimate of drug-likeness (QED) is 0.777. The van der Waals surface area contributed by atoms with Crippen LogP contribution in [0.2, 0.25) is 0 Å². The number of aromatic nitrogens is 3. The van der Waals surface area contributed by atoms with Crippen LogP contribution in [0, 0.1) is 0 Å². The van der Waals surface area contributed by atoms with Crippen molar-refractivity contribution in [2.45, 2.75) is 25.2 Å². The molecule has 2 N–H and O–H groups in total. The topological polar surface area (TPSA) is 70.7 Å². The van der Waals surface area contributed by atoms with E-state index in [0.717, 1.165) is 12.8 Å².